The van der Waals surface area contributed by atoms with E-state index in [-0.39, 0.29) is 23.7 Å². The first-order chi connectivity index (χ1) is 11.5. The Balaban J connectivity index is 1.67. The van der Waals surface area contributed by atoms with Crippen LogP contribution in [0.1, 0.15) is 19.8 Å². The lowest BCUT2D eigenvalue weighted by Crippen LogP contribution is -2.36. The van der Waals surface area contributed by atoms with E-state index in [0.717, 1.165) is 6.42 Å². The van der Waals surface area contributed by atoms with E-state index in [1.54, 1.807) is 31.2 Å². The van der Waals surface area contributed by atoms with Gasteiger partial charge >= 0.3 is 5.97 Å². The van der Waals surface area contributed by atoms with Crippen LogP contribution in [-0.4, -0.2) is 22.9 Å². The number of hydrogen-bond acceptors (Lipinski definition) is 3. The highest BCUT2D eigenvalue weighted by molar-refractivity contribution is 5.97. The van der Waals surface area contributed by atoms with E-state index in [2.05, 4.69) is 10.6 Å². The Morgan fingerprint density at radius 3 is 2.08 bits per heavy atom. The van der Waals surface area contributed by atoms with Crippen LogP contribution >= 0.6 is 0 Å². The molecule has 2 amide bonds. The molecule has 0 aromatic heterocycles. The molecule has 0 radical (unpaired) electrons. The van der Waals surface area contributed by atoms with E-state index >= 15 is 0 Å². The fraction of sp³-hybridized carbons (Fsp3) is 0.389. The fourth-order valence-electron chi connectivity index (χ4n) is 3.63. The molecule has 1 aromatic rings. The number of carboxylic acid groups (broad SMARTS) is 1. The van der Waals surface area contributed by atoms with Crippen LogP contribution in [0, 0.1) is 23.7 Å². The quantitative estimate of drug-likeness (QED) is 0.724. The molecule has 2 bridgehead atoms. The van der Waals surface area contributed by atoms with Gasteiger partial charge in [-0.05, 0) is 42.5 Å². The number of aliphatic carboxylic acids is 1. The molecule has 1 saturated carbocycles. The zero-order chi connectivity index (χ0) is 17.3. The van der Waals surface area contributed by atoms with E-state index in [1.165, 1.54) is 0 Å². The maximum atomic E-state index is 12.6. The summed E-state index contributed by atoms with van der Waals surface area (Å²) in [5.74, 6) is -2.48. The van der Waals surface area contributed by atoms with Crippen molar-refractivity contribution in [2.24, 2.45) is 23.7 Å². The van der Waals surface area contributed by atoms with Gasteiger partial charge in [0.05, 0.1) is 11.8 Å². The molecule has 2 aliphatic rings. The van der Waals surface area contributed by atoms with E-state index < -0.39 is 17.8 Å². The molecule has 3 N–H and O–H groups in total. The summed E-state index contributed by atoms with van der Waals surface area (Å²) in [7, 11) is 0. The molecular weight excluding hydrogens is 308 g/mol. The first kappa shape index (κ1) is 16.2. The van der Waals surface area contributed by atoms with Gasteiger partial charge in [-0.3, -0.25) is 14.4 Å². The number of rotatable bonds is 5. The van der Waals surface area contributed by atoms with Crippen molar-refractivity contribution in [1.82, 2.24) is 0 Å². The molecule has 0 aliphatic heterocycles. The normalized spacial score (nSPS) is 27.0. The Bertz CT molecular complexity index is 695. The molecule has 126 valence electrons. The lowest BCUT2D eigenvalue weighted by Gasteiger charge is -2.23. The molecule has 24 heavy (non-hydrogen) atoms. The second-order valence-electron chi connectivity index (χ2n) is 6.31. The molecule has 2 aliphatic carbocycles. The van der Waals surface area contributed by atoms with Gasteiger partial charge < -0.3 is 15.7 Å². The van der Waals surface area contributed by atoms with Crippen LogP contribution in [0.5, 0.6) is 0 Å². The van der Waals surface area contributed by atoms with Crippen LogP contribution in [0.4, 0.5) is 11.4 Å². The molecule has 6 nitrogen and oxygen atoms in total. The second-order valence-corrected chi connectivity index (χ2v) is 6.31. The van der Waals surface area contributed by atoms with Crippen molar-refractivity contribution in [2.75, 3.05) is 10.6 Å². The van der Waals surface area contributed by atoms with Crippen molar-refractivity contribution < 1.29 is 19.5 Å². The summed E-state index contributed by atoms with van der Waals surface area (Å²) in [5, 5.41) is 14.9. The van der Waals surface area contributed by atoms with Gasteiger partial charge in [0.1, 0.15) is 0 Å². The van der Waals surface area contributed by atoms with E-state index in [9.17, 15) is 19.5 Å². The minimum absolute atomic E-state index is 0.000726. The number of carbonyl (C=O) groups is 3. The van der Waals surface area contributed by atoms with E-state index in [0.29, 0.717) is 17.8 Å². The molecule has 6 heteroatoms. The molecule has 3 rings (SSSR count). The van der Waals surface area contributed by atoms with Crippen LogP contribution in [-0.2, 0) is 14.4 Å². The number of nitrogens with one attached hydrogen (secondary N) is 2. The van der Waals surface area contributed by atoms with Crippen LogP contribution < -0.4 is 10.6 Å². The molecule has 1 fully saturated rings. The number of amides is 2. The van der Waals surface area contributed by atoms with E-state index in [1.807, 2.05) is 12.2 Å². The Kier molecular flexibility index (Phi) is 4.38. The number of carboxylic acids is 1. The zero-order valence-electron chi connectivity index (χ0n) is 13.4. The molecule has 0 saturated heterocycles. The standard InChI is InChI=1S/C18H20N2O4/c1-2-14(21)19-12-5-7-13(8-6-12)20-17(22)15-10-3-4-11(9-10)16(15)18(23)24/h3-8,10-11,15-16H,2,9H2,1H3,(H,19,21)(H,20,22)(H,23,24). The van der Waals surface area contributed by atoms with Crippen LogP contribution in [0.25, 0.3) is 0 Å². The first-order valence-corrected chi connectivity index (χ1v) is 8.11. The van der Waals surface area contributed by atoms with Gasteiger partial charge in [0.25, 0.3) is 0 Å². The summed E-state index contributed by atoms with van der Waals surface area (Å²) in [5.41, 5.74) is 1.25. The summed E-state index contributed by atoms with van der Waals surface area (Å²) in [6.45, 7) is 1.77. The summed E-state index contributed by atoms with van der Waals surface area (Å²) < 4.78 is 0. The highest BCUT2D eigenvalue weighted by Crippen LogP contribution is 2.48. The number of hydrogen-bond donors (Lipinski definition) is 3. The van der Waals surface area contributed by atoms with Crippen LogP contribution in [0.3, 0.4) is 0 Å². The molecular formula is C18H20N2O4. The third kappa shape index (κ3) is 3.04. The molecule has 1 aromatic carbocycles. The van der Waals surface area contributed by atoms with Gasteiger partial charge in [0.15, 0.2) is 0 Å². The zero-order valence-corrected chi connectivity index (χ0v) is 13.4. The van der Waals surface area contributed by atoms with Crippen molar-refractivity contribution >= 4 is 29.2 Å². The summed E-state index contributed by atoms with van der Waals surface area (Å²) in [4.78, 5) is 35.4. The number of anilines is 2. The molecule has 4 atom stereocenters. The van der Waals surface area contributed by atoms with Crippen molar-refractivity contribution in [3.63, 3.8) is 0 Å². The largest absolute Gasteiger partial charge is 0.481 e. The van der Waals surface area contributed by atoms with E-state index in [4.69, 9.17) is 0 Å². The maximum absolute atomic E-state index is 12.6. The summed E-state index contributed by atoms with van der Waals surface area (Å²) in [6.07, 6.45) is 5.00. The molecule has 4 unspecified atom stereocenters. The number of fused-ring (bicyclic) bond motifs is 2. The highest BCUT2D eigenvalue weighted by atomic mass is 16.4. The smallest absolute Gasteiger partial charge is 0.307 e. The minimum atomic E-state index is -0.912. The molecule has 0 heterocycles. The van der Waals surface area contributed by atoms with Gasteiger partial charge in [-0.1, -0.05) is 19.1 Å². The molecule has 0 spiro atoms. The Labute approximate surface area is 139 Å². The minimum Gasteiger partial charge on any atom is -0.481 e. The first-order valence-electron chi connectivity index (χ1n) is 8.11. The van der Waals surface area contributed by atoms with Gasteiger partial charge in [-0.2, -0.15) is 0 Å². The average Bonchev–Trinajstić information content (AvgIpc) is 3.17. The second kappa shape index (κ2) is 6.47. The number of carbonyl (C=O) groups excluding carboxylic acids is 2. The maximum Gasteiger partial charge on any atom is 0.307 e. The lowest BCUT2D eigenvalue weighted by atomic mass is 9.82. The number of benzene rings is 1. The SMILES string of the molecule is CCC(=O)Nc1ccc(NC(=O)C2C3C=CC(C3)C2C(=O)O)cc1. The number of allylic oxidation sites excluding steroid dienone is 2. The lowest BCUT2D eigenvalue weighted by molar-refractivity contribution is -0.146. The van der Waals surface area contributed by atoms with Crippen molar-refractivity contribution in [2.45, 2.75) is 19.8 Å². The average molecular weight is 328 g/mol. The third-order valence-electron chi connectivity index (χ3n) is 4.80. The van der Waals surface area contributed by atoms with Crippen LogP contribution in [0.2, 0.25) is 0 Å². The van der Waals surface area contributed by atoms with Gasteiger partial charge in [0.2, 0.25) is 11.8 Å². The van der Waals surface area contributed by atoms with Crippen molar-refractivity contribution in [1.29, 1.82) is 0 Å². The third-order valence-corrected chi connectivity index (χ3v) is 4.80. The topological polar surface area (TPSA) is 95.5 Å². The van der Waals surface area contributed by atoms with Crippen molar-refractivity contribution in [3.05, 3.63) is 36.4 Å². The predicted molar refractivity (Wildman–Crippen MR) is 89.3 cm³/mol. The Morgan fingerprint density at radius 2 is 1.54 bits per heavy atom. The van der Waals surface area contributed by atoms with Gasteiger partial charge in [-0.15, -0.1) is 0 Å². The Morgan fingerprint density at radius 1 is 1.00 bits per heavy atom. The monoisotopic (exact) mass is 328 g/mol. The van der Waals surface area contributed by atoms with Crippen LogP contribution in [0.15, 0.2) is 36.4 Å². The van der Waals surface area contributed by atoms with Gasteiger partial charge in [0, 0.05) is 17.8 Å². The summed E-state index contributed by atoms with van der Waals surface area (Å²) in [6, 6.07) is 6.81. The van der Waals surface area contributed by atoms with Crippen molar-refractivity contribution in [3.8, 4) is 0 Å². The van der Waals surface area contributed by atoms with Gasteiger partial charge in [-0.25, -0.2) is 0 Å². The Hall–Kier alpha value is -2.63. The highest BCUT2D eigenvalue weighted by Gasteiger charge is 2.51. The predicted octanol–water partition coefficient (Wildman–Crippen LogP) is 2.50. The fourth-order valence-corrected chi connectivity index (χ4v) is 3.63. The summed E-state index contributed by atoms with van der Waals surface area (Å²) >= 11 is 0.